The van der Waals surface area contributed by atoms with Gasteiger partial charge in [-0.3, -0.25) is 0 Å². The molecule has 3 N–H and O–H groups in total. The molecule has 1 aromatic carbocycles. The summed E-state index contributed by atoms with van der Waals surface area (Å²) in [4.78, 5) is 0. The molecule has 0 amide bonds. The van der Waals surface area contributed by atoms with Crippen molar-refractivity contribution in [2.24, 2.45) is 0 Å². The molecule has 0 unspecified atom stereocenters. The first-order valence-electron chi connectivity index (χ1n) is 8.32. The average Bonchev–Trinajstić information content (AvgIpc) is 2.42. The second-order valence-corrected chi connectivity index (χ2v) is 8.58. The van der Waals surface area contributed by atoms with E-state index in [0.717, 1.165) is 22.3 Å². The van der Waals surface area contributed by atoms with Crippen LogP contribution in [0, 0.1) is 10.8 Å². The van der Waals surface area contributed by atoms with E-state index < -0.39 is 0 Å². The number of phenolic OH excluding ortho intramolecular Hbond substituents is 1. The minimum Gasteiger partial charge on any atom is -0.507 e. The van der Waals surface area contributed by atoms with E-state index in [1.807, 2.05) is 12.1 Å². The lowest BCUT2D eigenvalue weighted by Gasteiger charge is -2.27. The first-order valence-corrected chi connectivity index (χ1v) is 8.32. The standard InChI is InChI=1S/C21H28N2O/c1-20(2,3)15-10-14(19(24)17(12-15)21(4,5)6)9-13-11-16(22)7-8-18(13)23/h7-10,12,22-24H,11H2,1-6H3. The third-order valence-electron chi connectivity index (χ3n) is 4.32. The van der Waals surface area contributed by atoms with Crippen molar-refractivity contribution in [1.82, 2.24) is 0 Å². The van der Waals surface area contributed by atoms with Gasteiger partial charge in [0.15, 0.2) is 0 Å². The first-order chi connectivity index (χ1) is 10.9. The molecule has 0 aromatic heterocycles. The van der Waals surface area contributed by atoms with Gasteiger partial charge in [-0.25, -0.2) is 0 Å². The van der Waals surface area contributed by atoms with Crippen LogP contribution in [-0.2, 0) is 10.8 Å². The lowest BCUT2D eigenvalue weighted by atomic mass is 9.78. The number of hydrogen-bond donors (Lipinski definition) is 3. The van der Waals surface area contributed by atoms with Gasteiger partial charge in [-0.05, 0) is 46.3 Å². The van der Waals surface area contributed by atoms with Gasteiger partial charge in [0.25, 0.3) is 0 Å². The van der Waals surface area contributed by atoms with Crippen LogP contribution in [0.3, 0.4) is 0 Å². The third kappa shape index (κ3) is 3.84. The molecule has 24 heavy (non-hydrogen) atoms. The van der Waals surface area contributed by atoms with Crippen LogP contribution in [0.4, 0.5) is 0 Å². The van der Waals surface area contributed by atoms with Crippen LogP contribution in [0.15, 0.2) is 29.9 Å². The van der Waals surface area contributed by atoms with Gasteiger partial charge in [0.1, 0.15) is 5.75 Å². The molecule has 2 rings (SSSR count). The average molecular weight is 324 g/mol. The van der Waals surface area contributed by atoms with Crippen LogP contribution in [0.2, 0.25) is 0 Å². The second kappa shape index (κ2) is 6.04. The summed E-state index contributed by atoms with van der Waals surface area (Å²) >= 11 is 0. The predicted molar refractivity (Wildman–Crippen MR) is 103 cm³/mol. The predicted octanol–water partition coefficient (Wildman–Crippen LogP) is 5.37. The number of hydrogen-bond acceptors (Lipinski definition) is 3. The van der Waals surface area contributed by atoms with Crippen molar-refractivity contribution in [3.8, 4) is 5.75 Å². The summed E-state index contributed by atoms with van der Waals surface area (Å²) < 4.78 is 0. The van der Waals surface area contributed by atoms with E-state index in [1.54, 1.807) is 12.2 Å². The molecule has 3 nitrogen and oxygen atoms in total. The number of allylic oxidation sites excluding steroid dienone is 3. The molecule has 0 bridgehead atoms. The van der Waals surface area contributed by atoms with Gasteiger partial charge < -0.3 is 15.9 Å². The van der Waals surface area contributed by atoms with Crippen LogP contribution < -0.4 is 0 Å². The Morgan fingerprint density at radius 1 is 0.958 bits per heavy atom. The summed E-state index contributed by atoms with van der Waals surface area (Å²) in [5, 5.41) is 26.7. The maximum Gasteiger partial charge on any atom is 0.126 e. The largest absolute Gasteiger partial charge is 0.507 e. The molecule has 3 heteroatoms. The molecule has 0 aliphatic heterocycles. The van der Waals surface area contributed by atoms with Gasteiger partial charge in [0.2, 0.25) is 0 Å². The first kappa shape index (κ1) is 18.2. The Hall–Kier alpha value is -2.16. The highest BCUT2D eigenvalue weighted by Crippen LogP contribution is 2.38. The monoisotopic (exact) mass is 324 g/mol. The number of phenols is 1. The SMILES string of the molecule is CC(C)(C)c1cc(C=C2CC(=N)C=CC2=N)c(O)c(C(C)(C)C)c1. The Balaban J connectivity index is 2.67. The minimum atomic E-state index is -0.175. The Labute approximate surface area is 145 Å². The molecule has 0 radical (unpaired) electrons. The summed E-state index contributed by atoms with van der Waals surface area (Å²) in [5.41, 5.74) is 4.25. The van der Waals surface area contributed by atoms with E-state index in [4.69, 9.17) is 10.8 Å². The molecule has 0 fully saturated rings. The molecule has 128 valence electrons. The van der Waals surface area contributed by atoms with Crippen molar-refractivity contribution < 1.29 is 5.11 Å². The Bertz CT molecular complexity index is 753. The van der Waals surface area contributed by atoms with Crippen molar-refractivity contribution in [2.45, 2.75) is 58.8 Å². The molecule has 0 spiro atoms. The van der Waals surface area contributed by atoms with Gasteiger partial charge >= 0.3 is 0 Å². The Kier molecular flexibility index (Phi) is 4.58. The molecule has 0 saturated heterocycles. The topological polar surface area (TPSA) is 67.9 Å². The highest BCUT2D eigenvalue weighted by atomic mass is 16.3. The maximum atomic E-state index is 10.8. The Morgan fingerprint density at radius 3 is 2.12 bits per heavy atom. The lowest BCUT2D eigenvalue weighted by molar-refractivity contribution is 0.443. The smallest absolute Gasteiger partial charge is 0.126 e. The second-order valence-electron chi connectivity index (χ2n) is 8.58. The van der Waals surface area contributed by atoms with Crippen LogP contribution in [0.5, 0.6) is 5.75 Å². The third-order valence-corrected chi connectivity index (χ3v) is 4.32. The van der Waals surface area contributed by atoms with E-state index in [0.29, 0.717) is 17.8 Å². The summed E-state index contributed by atoms with van der Waals surface area (Å²) in [6.07, 6.45) is 5.60. The van der Waals surface area contributed by atoms with Gasteiger partial charge in [0.05, 0.1) is 5.71 Å². The van der Waals surface area contributed by atoms with Crippen molar-refractivity contribution in [3.05, 3.63) is 46.5 Å². The van der Waals surface area contributed by atoms with Crippen LogP contribution in [0.1, 0.15) is 64.7 Å². The van der Waals surface area contributed by atoms with Gasteiger partial charge in [0, 0.05) is 23.3 Å². The number of aromatic hydroxyl groups is 1. The van der Waals surface area contributed by atoms with Crippen LogP contribution in [-0.4, -0.2) is 16.5 Å². The Morgan fingerprint density at radius 2 is 1.58 bits per heavy atom. The molecular weight excluding hydrogens is 296 g/mol. The van der Waals surface area contributed by atoms with E-state index in [9.17, 15) is 5.11 Å². The van der Waals surface area contributed by atoms with Crippen molar-refractivity contribution in [1.29, 1.82) is 10.8 Å². The highest BCUT2D eigenvalue weighted by molar-refractivity contribution is 6.19. The zero-order valence-corrected chi connectivity index (χ0v) is 15.5. The van der Waals surface area contributed by atoms with E-state index >= 15 is 0 Å². The quantitative estimate of drug-likeness (QED) is 0.638. The van der Waals surface area contributed by atoms with Gasteiger partial charge in [-0.1, -0.05) is 47.6 Å². The zero-order chi connectivity index (χ0) is 18.3. The number of nitrogens with one attached hydrogen (secondary N) is 2. The van der Waals surface area contributed by atoms with E-state index in [2.05, 4.69) is 47.6 Å². The summed E-state index contributed by atoms with van der Waals surface area (Å²) in [5.74, 6) is 0.275. The fourth-order valence-electron chi connectivity index (χ4n) is 2.74. The van der Waals surface area contributed by atoms with Crippen LogP contribution in [0.25, 0.3) is 6.08 Å². The van der Waals surface area contributed by atoms with Crippen molar-refractivity contribution in [2.75, 3.05) is 0 Å². The molecule has 1 aromatic rings. The van der Waals surface area contributed by atoms with Crippen LogP contribution >= 0.6 is 0 Å². The molecular formula is C21H28N2O. The molecule has 0 atom stereocenters. The highest BCUT2D eigenvalue weighted by Gasteiger charge is 2.25. The summed E-state index contributed by atoms with van der Waals surface area (Å²) in [6, 6.07) is 4.10. The lowest BCUT2D eigenvalue weighted by Crippen LogP contribution is -2.17. The normalized spacial score (nSPS) is 17.7. The number of rotatable bonds is 1. The fourth-order valence-corrected chi connectivity index (χ4v) is 2.74. The number of benzene rings is 1. The summed E-state index contributed by atoms with van der Waals surface area (Å²) in [7, 11) is 0. The van der Waals surface area contributed by atoms with Gasteiger partial charge in [-0.15, -0.1) is 0 Å². The van der Waals surface area contributed by atoms with E-state index in [1.165, 1.54) is 0 Å². The van der Waals surface area contributed by atoms with Crippen molar-refractivity contribution >= 4 is 17.5 Å². The molecule has 0 saturated carbocycles. The molecule has 1 aliphatic rings. The maximum absolute atomic E-state index is 10.8. The van der Waals surface area contributed by atoms with Crippen molar-refractivity contribution in [3.63, 3.8) is 0 Å². The van der Waals surface area contributed by atoms with Gasteiger partial charge in [-0.2, -0.15) is 0 Å². The molecule has 1 aliphatic carbocycles. The summed E-state index contributed by atoms with van der Waals surface area (Å²) in [6.45, 7) is 12.7. The van der Waals surface area contributed by atoms with E-state index in [-0.39, 0.29) is 16.6 Å². The molecule has 0 heterocycles. The zero-order valence-electron chi connectivity index (χ0n) is 15.5. The fraction of sp³-hybridized carbons (Fsp3) is 0.429. The minimum absolute atomic E-state index is 0.0341.